The van der Waals surface area contributed by atoms with Gasteiger partial charge < -0.3 is 44.7 Å². The van der Waals surface area contributed by atoms with Gasteiger partial charge in [-0.05, 0) is 126 Å². The van der Waals surface area contributed by atoms with E-state index in [0.29, 0.717) is 55.5 Å². The molecular weight excluding hydrogens is 1100 g/mol. The maximum atomic E-state index is 14.5. The number of allylic oxidation sites excluding steroid dienone is 1. The predicted octanol–water partition coefficient (Wildman–Crippen LogP) is 10.8. The first-order valence-corrected chi connectivity index (χ1v) is 29.4. The molecule has 4 N–H and O–H groups in total. The first-order valence-electron chi connectivity index (χ1n) is 28.3. The number of carbonyl (C=O) groups excluding carboxylic acids is 4. The highest BCUT2D eigenvalue weighted by atomic mass is 79.9. The molecule has 81 heavy (non-hydrogen) atoms. The van der Waals surface area contributed by atoms with Crippen LogP contribution >= 0.6 is 15.9 Å². The van der Waals surface area contributed by atoms with Crippen LogP contribution in [0.3, 0.4) is 0 Å². The maximum Gasteiger partial charge on any atom is 0.411 e. The Labute approximate surface area is 486 Å². The predicted molar refractivity (Wildman–Crippen MR) is 314 cm³/mol. The van der Waals surface area contributed by atoms with Crippen LogP contribution in [0, 0.1) is 17.6 Å². The van der Waals surface area contributed by atoms with E-state index in [9.17, 15) is 38.2 Å². The summed E-state index contributed by atoms with van der Waals surface area (Å²) >= 11 is 3.40. The zero-order chi connectivity index (χ0) is 59.3. The van der Waals surface area contributed by atoms with Crippen LogP contribution in [0.1, 0.15) is 116 Å². The van der Waals surface area contributed by atoms with E-state index in [2.05, 4.69) is 22.9 Å². The van der Waals surface area contributed by atoms with Crippen LogP contribution in [0.4, 0.5) is 18.4 Å². The monoisotopic (exact) mass is 1190 g/mol. The number of rotatable bonds is 24. The van der Waals surface area contributed by atoms with E-state index in [1.807, 2.05) is 72.8 Å². The number of ether oxygens (including phenoxy) is 4. The fourth-order valence-electron chi connectivity index (χ4n) is 9.55. The summed E-state index contributed by atoms with van der Waals surface area (Å²) in [5.74, 6) is -1.37. The van der Waals surface area contributed by atoms with Crippen LogP contribution in [0.15, 0.2) is 109 Å². The molecule has 0 aromatic heterocycles. The summed E-state index contributed by atoms with van der Waals surface area (Å²) in [6.45, 7) is 16.9. The third-order valence-electron chi connectivity index (χ3n) is 13.6. The molecule has 4 aromatic carbocycles. The van der Waals surface area contributed by atoms with Crippen LogP contribution in [-0.4, -0.2) is 140 Å². The van der Waals surface area contributed by atoms with Gasteiger partial charge in [0.05, 0.1) is 18.8 Å². The lowest BCUT2D eigenvalue weighted by atomic mass is 9.89. The first kappa shape index (κ1) is 65.7. The summed E-state index contributed by atoms with van der Waals surface area (Å²) in [5.41, 5.74) is 7.92. The van der Waals surface area contributed by atoms with E-state index < -0.39 is 77.2 Å². The van der Waals surface area contributed by atoms with Crippen LogP contribution in [0.5, 0.6) is 11.5 Å². The summed E-state index contributed by atoms with van der Waals surface area (Å²) in [5, 5.41) is 23.8. The highest BCUT2D eigenvalue weighted by Gasteiger charge is 2.47. The molecular formula is C63H86BrF2N5O10. The van der Waals surface area contributed by atoms with Gasteiger partial charge in [0.15, 0.2) is 0 Å². The summed E-state index contributed by atoms with van der Waals surface area (Å²) in [6, 6.07) is 24.6. The lowest BCUT2D eigenvalue weighted by Gasteiger charge is -2.43. The molecule has 4 amide bonds. The Kier molecular flexibility index (Phi) is 25.9. The smallest absolute Gasteiger partial charge is 0.411 e. The van der Waals surface area contributed by atoms with Crippen molar-refractivity contribution in [2.24, 2.45) is 11.7 Å². The summed E-state index contributed by atoms with van der Waals surface area (Å²) < 4.78 is 51.5. The van der Waals surface area contributed by atoms with E-state index in [1.54, 1.807) is 70.4 Å². The number of aliphatic hydroxyl groups excluding tert-OH is 2. The van der Waals surface area contributed by atoms with Crippen LogP contribution in [0.25, 0.3) is 0 Å². The minimum atomic E-state index is -1.42. The third-order valence-corrected chi connectivity index (χ3v) is 14.1. The second-order valence-electron chi connectivity index (χ2n) is 22.9. The Bertz CT molecular complexity index is 2640. The maximum absolute atomic E-state index is 14.5. The van der Waals surface area contributed by atoms with Gasteiger partial charge in [-0.1, -0.05) is 122 Å². The second kappa shape index (κ2) is 31.9. The van der Waals surface area contributed by atoms with E-state index in [0.717, 1.165) is 55.0 Å². The molecule has 18 heteroatoms. The largest absolute Gasteiger partial charge is 0.493 e. The number of carbonyl (C=O) groups is 4. The molecule has 6 atom stereocenters. The Balaban J connectivity index is 0.000000297. The Morgan fingerprint density at radius 3 is 1.62 bits per heavy atom. The Morgan fingerprint density at radius 1 is 0.654 bits per heavy atom. The lowest BCUT2D eigenvalue weighted by molar-refractivity contribution is -0.149. The van der Waals surface area contributed by atoms with Crippen LogP contribution < -0.4 is 15.2 Å². The van der Waals surface area contributed by atoms with Gasteiger partial charge in [0.2, 0.25) is 11.8 Å². The molecule has 2 heterocycles. The zero-order valence-electron chi connectivity index (χ0n) is 48.5. The number of piperazine rings is 2. The number of amides is 4. The van der Waals surface area contributed by atoms with Gasteiger partial charge in [-0.15, -0.1) is 0 Å². The normalized spacial score (nSPS) is 17.5. The highest BCUT2D eigenvalue weighted by Crippen LogP contribution is 2.29. The van der Waals surface area contributed by atoms with E-state index >= 15 is 0 Å². The van der Waals surface area contributed by atoms with Crippen molar-refractivity contribution in [3.63, 3.8) is 0 Å². The molecule has 444 valence electrons. The third kappa shape index (κ3) is 21.6. The van der Waals surface area contributed by atoms with Crippen molar-refractivity contribution < 1.29 is 57.1 Å². The van der Waals surface area contributed by atoms with E-state index in [1.165, 1.54) is 34.1 Å². The van der Waals surface area contributed by atoms with Crippen molar-refractivity contribution in [2.45, 2.75) is 161 Å². The molecule has 6 rings (SSSR count). The van der Waals surface area contributed by atoms with Gasteiger partial charge in [-0.25, -0.2) is 18.4 Å². The van der Waals surface area contributed by atoms with Gasteiger partial charge >= 0.3 is 12.2 Å². The van der Waals surface area contributed by atoms with Crippen molar-refractivity contribution in [1.82, 2.24) is 19.6 Å². The number of benzene rings is 4. The SMILES string of the molecule is CCCCCCOc1cc(F)cc(C[C@H](N)[C@H](O)[C@H]2C(=O)N(Cc3ccccc3)CCN2C(=O)OC(C)(C)C)c1.C[C@@H](Cc1cc(F)cc(OC/C=C/CCCBr)c1)[C@H](O)[C@H]1C(=O)N(Cc2ccccc2)CCN1C(=O)OC(C)(C)C. The van der Waals surface area contributed by atoms with Gasteiger partial charge in [-0.3, -0.25) is 19.4 Å². The molecule has 0 radical (unpaired) electrons. The van der Waals surface area contributed by atoms with Crippen LogP contribution in [0.2, 0.25) is 0 Å². The zero-order valence-corrected chi connectivity index (χ0v) is 50.1. The number of alkyl halides is 1. The molecule has 2 fully saturated rings. The van der Waals surface area contributed by atoms with Crippen molar-refractivity contribution in [3.05, 3.63) is 143 Å². The lowest BCUT2D eigenvalue weighted by Crippen LogP contribution is -2.65. The number of nitrogens with zero attached hydrogens (tertiary/aromatic N) is 4. The van der Waals surface area contributed by atoms with Gasteiger partial charge in [0, 0.05) is 62.8 Å². The minimum Gasteiger partial charge on any atom is -0.493 e. The fraction of sp³-hybridized carbons (Fsp3) is 0.524. The number of unbranched alkanes of at least 4 members (excludes halogenated alkanes) is 4. The quantitative estimate of drug-likeness (QED) is 0.0345. The molecule has 0 saturated carbocycles. The van der Waals surface area contributed by atoms with Crippen molar-refractivity contribution in [3.8, 4) is 11.5 Å². The fourth-order valence-corrected chi connectivity index (χ4v) is 9.87. The van der Waals surface area contributed by atoms with Crippen molar-refractivity contribution in [2.75, 3.05) is 44.7 Å². The number of hydrogen-bond donors (Lipinski definition) is 3. The van der Waals surface area contributed by atoms with Crippen molar-refractivity contribution >= 4 is 39.9 Å². The van der Waals surface area contributed by atoms with Gasteiger partial charge in [0.25, 0.3) is 0 Å². The second-order valence-corrected chi connectivity index (χ2v) is 23.7. The highest BCUT2D eigenvalue weighted by molar-refractivity contribution is 9.09. The number of hydrogen-bond acceptors (Lipinski definition) is 11. The summed E-state index contributed by atoms with van der Waals surface area (Å²) in [4.78, 5) is 59.5. The topological polar surface area (TPSA) is 185 Å². The van der Waals surface area contributed by atoms with Crippen LogP contribution in [-0.2, 0) is 45.0 Å². The molecule has 2 aliphatic rings. The number of halogens is 3. The Morgan fingerprint density at radius 2 is 1.14 bits per heavy atom. The number of aliphatic hydroxyl groups is 2. The first-order chi connectivity index (χ1) is 38.5. The van der Waals surface area contributed by atoms with E-state index in [-0.39, 0.29) is 38.4 Å². The molecule has 0 bridgehead atoms. The summed E-state index contributed by atoms with van der Waals surface area (Å²) in [6.07, 6.45) is 6.43. The molecule has 2 saturated heterocycles. The molecule has 2 aliphatic heterocycles. The standard InChI is InChI=1S/C32H42BrFN2O5.C31H44FN3O5/c1-23(18-25-19-26(34)21-27(20-25)40-17-11-6-5-10-14-33)29(37)28-30(38)35(22-24-12-8-7-9-13-24)15-16-36(28)31(39)41-32(2,3)4;1-5-6-7-11-16-39-25-18-23(17-24(32)20-25)19-26(33)28(36)27-29(37)34(21-22-12-9-8-10-13-22)14-15-35(27)30(38)40-31(2,3)4/h6-9,11-13,19-21,23,28-29,37H,5,10,14-18,22H2,1-4H3;8-10,12-13,17-18,20,26-28,36H,5-7,11,14-16,19,21,33H2,1-4H3/b11-6+;/t23-,28-,29-;26-,27-,28-/m00/s1. The van der Waals surface area contributed by atoms with Gasteiger partial charge in [-0.2, -0.15) is 0 Å². The molecule has 15 nitrogen and oxygen atoms in total. The molecule has 0 unspecified atom stereocenters. The Hall–Kier alpha value is -6.08. The average molecular weight is 1190 g/mol. The van der Waals surface area contributed by atoms with Gasteiger partial charge in [0.1, 0.15) is 53.0 Å². The molecule has 4 aromatic rings. The average Bonchev–Trinajstić information content (AvgIpc) is 3.41. The molecule has 0 spiro atoms. The van der Waals surface area contributed by atoms with E-state index in [4.69, 9.17) is 24.7 Å². The molecule has 0 aliphatic carbocycles. The number of nitrogens with two attached hydrogens (primary N) is 1. The summed E-state index contributed by atoms with van der Waals surface area (Å²) in [7, 11) is 0. The minimum absolute atomic E-state index is 0.0791. The van der Waals surface area contributed by atoms with Crippen molar-refractivity contribution in [1.29, 1.82) is 0 Å².